The standard InChI is InChI=1S/C17H24N2O2/c1-14(15-7-8-15)19(16-5-3-2-4-6-16)17(20)13-18-9-11-21-12-10-18/h2-6,14-15H,7-13H2,1H3/t14-/m0/s1. The minimum Gasteiger partial charge on any atom is -0.379 e. The molecule has 3 rings (SSSR count). The second-order valence-electron chi connectivity index (χ2n) is 6.07. The Balaban J connectivity index is 1.72. The average molecular weight is 288 g/mol. The van der Waals surface area contributed by atoms with Gasteiger partial charge >= 0.3 is 0 Å². The second-order valence-corrected chi connectivity index (χ2v) is 6.07. The zero-order valence-electron chi connectivity index (χ0n) is 12.7. The van der Waals surface area contributed by atoms with Crippen LogP contribution in [-0.4, -0.2) is 49.7 Å². The Labute approximate surface area is 126 Å². The van der Waals surface area contributed by atoms with Crippen LogP contribution in [0.3, 0.4) is 0 Å². The number of rotatable bonds is 5. The van der Waals surface area contributed by atoms with Crippen molar-refractivity contribution >= 4 is 11.6 Å². The van der Waals surface area contributed by atoms with Gasteiger partial charge in [0, 0.05) is 24.8 Å². The normalized spacial score (nSPS) is 21.0. The molecule has 0 spiro atoms. The quantitative estimate of drug-likeness (QED) is 0.832. The molecule has 0 aromatic heterocycles. The molecule has 1 amide bonds. The van der Waals surface area contributed by atoms with Crippen LogP contribution in [0.5, 0.6) is 0 Å². The lowest BCUT2D eigenvalue weighted by molar-refractivity contribution is -0.121. The lowest BCUT2D eigenvalue weighted by Gasteiger charge is -2.33. The maximum absolute atomic E-state index is 12.8. The number of benzene rings is 1. The molecule has 4 heteroatoms. The molecule has 21 heavy (non-hydrogen) atoms. The maximum atomic E-state index is 12.8. The first-order chi connectivity index (χ1) is 10.3. The van der Waals surface area contributed by atoms with Gasteiger partial charge in [0.05, 0.1) is 19.8 Å². The number of hydrogen-bond acceptors (Lipinski definition) is 3. The summed E-state index contributed by atoms with van der Waals surface area (Å²) in [5.41, 5.74) is 1.02. The monoisotopic (exact) mass is 288 g/mol. The number of amides is 1. The van der Waals surface area contributed by atoms with Crippen LogP contribution in [-0.2, 0) is 9.53 Å². The van der Waals surface area contributed by atoms with Crippen LogP contribution < -0.4 is 4.90 Å². The van der Waals surface area contributed by atoms with Crippen molar-refractivity contribution in [3.8, 4) is 0 Å². The largest absolute Gasteiger partial charge is 0.379 e. The molecule has 0 radical (unpaired) electrons. The van der Waals surface area contributed by atoms with Gasteiger partial charge in [0.15, 0.2) is 0 Å². The van der Waals surface area contributed by atoms with Crippen LogP contribution in [0.15, 0.2) is 30.3 Å². The van der Waals surface area contributed by atoms with Crippen molar-refractivity contribution in [3.05, 3.63) is 30.3 Å². The van der Waals surface area contributed by atoms with E-state index in [4.69, 9.17) is 4.74 Å². The van der Waals surface area contributed by atoms with E-state index in [1.807, 2.05) is 35.2 Å². The maximum Gasteiger partial charge on any atom is 0.241 e. The van der Waals surface area contributed by atoms with Gasteiger partial charge in [0.25, 0.3) is 0 Å². The van der Waals surface area contributed by atoms with Gasteiger partial charge in [-0.1, -0.05) is 18.2 Å². The van der Waals surface area contributed by atoms with Gasteiger partial charge in [-0.2, -0.15) is 0 Å². The number of carbonyl (C=O) groups excluding carboxylic acids is 1. The smallest absolute Gasteiger partial charge is 0.241 e. The summed E-state index contributed by atoms with van der Waals surface area (Å²) in [5, 5.41) is 0. The number of para-hydroxylation sites is 1. The van der Waals surface area contributed by atoms with Gasteiger partial charge in [0.2, 0.25) is 5.91 Å². The lowest BCUT2D eigenvalue weighted by atomic mass is 10.1. The molecule has 2 fully saturated rings. The van der Waals surface area contributed by atoms with E-state index >= 15 is 0 Å². The average Bonchev–Trinajstić information content (AvgIpc) is 3.34. The van der Waals surface area contributed by atoms with E-state index in [-0.39, 0.29) is 5.91 Å². The van der Waals surface area contributed by atoms with Crippen molar-refractivity contribution in [3.63, 3.8) is 0 Å². The van der Waals surface area contributed by atoms with E-state index in [0.717, 1.165) is 32.0 Å². The van der Waals surface area contributed by atoms with Crippen molar-refractivity contribution in [2.75, 3.05) is 37.7 Å². The molecule has 1 aliphatic heterocycles. The van der Waals surface area contributed by atoms with Gasteiger partial charge in [0.1, 0.15) is 0 Å². The first-order valence-corrected chi connectivity index (χ1v) is 7.93. The van der Waals surface area contributed by atoms with Gasteiger partial charge in [-0.05, 0) is 37.8 Å². The fourth-order valence-corrected chi connectivity index (χ4v) is 3.01. The van der Waals surface area contributed by atoms with Gasteiger partial charge in [-0.15, -0.1) is 0 Å². The zero-order valence-corrected chi connectivity index (χ0v) is 12.7. The van der Waals surface area contributed by atoms with Crippen LogP contribution in [0, 0.1) is 5.92 Å². The molecule has 4 nitrogen and oxygen atoms in total. The van der Waals surface area contributed by atoms with Crippen molar-refractivity contribution in [1.82, 2.24) is 4.90 Å². The van der Waals surface area contributed by atoms with Gasteiger partial charge in [-0.3, -0.25) is 9.69 Å². The molecule has 0 unspecified atom stereocenters. The number of carbonyl (C=O) groups is 1. The van der Waals surface area contributed by atoms with Crippen LogP contribution in [0.2, 0.25) is 0 Å². The third-order valence-corrected chi connectivity index (χ3v) is 4.48. The van der Waals surface area contributed by atoms with E-state index in [2.05, 4.69) is 11.8 Å². The molecule has 0 bridgehead atoms. The van der Waals surface area contributed by atoms with Gasteiger partial charge in [-0.25, -0.2) is 0 Å². The number of hydrogen-bond donors (Lipinski definition) is 0. The summed E-state index contributed by atoms with van der Waals surface area (Å²) in [4.78, 5) is 17.0. The predicted molar refractivity (Wildman–Crippen MR) is 83.4 cm³/mol. The number of anilines is 1. The van der Waals surface area contributed by atoms with E-state index < -0.39 is 0 Å². The molecule has 1 saturated carbocycles. The highest BCUT2D eigenvalue weighted by molar-refractivity contribution is 5.95. The van der Waals surface area contributed by atoms with Crippen molar-refractivity contribution in [1.29, 1.82) is 0 Å². The highest BCUT2D eigenvalue weighted by Crippen LogP contribution is 2.37. The Kier molecular flexibility index (Phi) is 4.56. The summed E-state index contributed by atoms with van der Waals surface area (Å²) in [6.45, 7) is 5.85. The first kappa shape index (κ1) is 14.5. The number of nitrogens with zero attached hydrogens (tertiary/aromatic N) is 2. The van der Waals surface area contributed by atoms with E-state index in [9.17, 15) is 4.79 Å². The molecule has 1 aliphatic carbocycles. The molecular formula is C17H24N2O2. The van der Waals surface area contributed by atoms with E-state index in [1.54, 1.807) is 0 Å². The third-order valence-electron chi connectivity index (χ3n) is 4.48. The lowest BCUT2D eigenvalue weighted by Crippen LogP contribution is -2.48. The summed E-state index contributed by atoms with van der Waals surface area (Å²) < 4.78 is 5.36. The molecule has 1 heterocycles. The number of morpholine rings is 1. The Morgan fingerprint density at radius 2 is 1.95 bits per heavy atom. The fourth-order valence-electron chi connectivity index (χ4n) is 3.01. The van der Waals surface area contributed by atoms with E-state index in [0.29, 0.717) is 18.5 Å². The Bertz CT molecular complexity index is 467. The molecule has 1 aromatic carbocycles. The summed E-state index contributed by atoms with van der Waals surface area (Å²) in [6.07, 6.45) is 2.49. The Hall–Kier alpha value is -1.39. The summed E-state index contributed by atoms with van der Waals surface area (Å²) in [6, 6.07) is 10.4. The Morgan fingerprint density at radius 3 is 2.57 bits per heavy atom. The highest BCUT2D eigenvalue weighted by atomic mass is 16.5. The van der Waals surface area contributed by atoms with Crippen molar-refractivity contribution in [2.24, 2.45) is 5.92 Å². The molecular weight excluding hydrogens is 264 g/mol. The first-order valence-electron chi connectivity index (χ1n) is 7.93. The highest BCUT2D eigenvalue weighted by Gasteiger charge is 2.35. The van der Waals surface area contributed by atoms with Crippen LogP contribution >= 0.6 is 0 Å². The molecule has 1 saturated heterocycles. The summed E-state index contributed by atoms with van der Waals surface area (Å²) >= 11 is 0. The van der Waals surface area contributed by atoms with Crippen molar-refractivity contribution < 1.29 is 9.53 Å². The van der Waals surface area contributed by atoms with Crippen molar-refractivity contribution in [2.45, 2.75) is 25.8 Å². The molecule has 114 valence electrons. The topological polar surface area (TPSA) is 32.8 Å². The number of ether oxygens (including phenoxy) is 1. The minimum atomic E-state index is 0.211. The van der Waals surface area contributed by atoms with Crippen LogP contribution in [0.4, 0.5) is 5.69 Å². The zero-order chi connectivity index (χ0) is 14.7. The third kappa shape index (κ3) is 3.63. The van der Waals surface area contributed by atoms with E-state index in [1.165, 1.54) is 12.8 Å². The van der Waals surface area contributed by atoms with Gasteiger partial charge < -0.3 is 9.64 Å². The van der Waals surface area contributed by atoms with Crippen LogP contribution in [0.25, 0.3) is 0 Å². The molecule has 1 aromatic rings. The SMILES string of the molecule is C[C@@H](C1CC1)N(C(=O)CN1CCOCC1)c1ccccc1. The molecule has 2 aliphatic rings. The molecule has 1 atom stereocenters. The predicted octanol–water partition coefficient (Wildman–Crippen LogP) is 2.15. The second kappa shape index (κ2) is 6.58. The Morgan fingerprint density at radius 1 is 1.29 bits per heavy atom. The summed E-state index contributed by atoms with van der Waals surface area (Å²) in [7, 11) is 0. The fraction of sp³-hybridized carbons (Fsp3) is 0.588. The van der Waals surface area contributed by atoms with Crippen LogP contribution in [0.1, 0.15) is 19.8 Å². The summed E-state index contributed by atoms with van der Waals surface area (Å²) in [5.74, 6) is 0.876. The minimum absolute atomic E-state index is 0.211. The molecule has 0 N–H and O–H groups in total.